The van der Waals surface area contributed by atoms with Gasteiger partial charge in [0.2, 0.25) is 0 Å². The second kappa shape index (κ2) is 1.93. The van der Waals surface area contributed by atoms with Crippen LogP contribution in [-0.4, -0.2) is 15.8 Å². The lowest BCUT2D eigenvalue weighted by Gasteiger charge is -1.88. The Hall–Kier alpha value is -1.25. The van der Waals surface area contributed by atoms with Crippen molar-refractivity contribution in [3.05, 3.63) is 24.0 Å². The van der Waals surface area contributed by atoms with Gasteiger partial charge >= 0.3 is 6.09 Å². The molecule has 1 aromatic heterocycles. The van der Waals surface area contributed by atoms with Crippen LogP contribution in [0.4, 0.5) is 4.79 Å². The van der Waals surface area contributed by atoms with Crippen LogP contribution in [0.15, 0.2) is 18.5 Å². The molecule has 0 aliphatic rings. The summed E-state index contributed by atoms with van der Waals surface area (Å²) in [6, 6.07) is 1.74. The molecule has 0 fully saturated rings. The second-order valence-corrected chi connectivity index (χ2v) is 1.88. The summed E-state index contributed by atoms with van der Waals surface area (Å²) < 4.78 is 1.12. The lowest BCUT2D eigenvalue weighted by Crippen LogP contribution is -2.03. The van der Waals surface area contributed by atoms with E-state index in [4.69, 9.17) is 5.11 Å². The molecule has 0 aromatic carbocycles. The Morgan fingerprint density at radius 1 is 1.78 bits per heavy atom. The van der Waals surface area contributed by atoms with E-state index in [0.717, 1.165) is 10.1 Å². The monoisotopic (exact) mass is 125 g/mol. The first-order chi connectivity index (χ1) is 4.20. The number of hydrogen-bond donors (Lipinski definition) is 1. The Labute approximate surface area is 52.5 Å². The predicted molar refractivity (Wildman–Crippen MR) is 32.6 cm³/mol. The van der Waals surface area contributed by atoms with Crippen molar-refractivity contribution in [2.24, 2.45) is 0 Å². The molecule has 3 heteroatoms. The summed E-state index contributed by atoms with van der Waals surface area (Å²) in [5.74, 6) is 0. The topological polar surface area (TPSA) is 42.2 Å². The smallest absolute Gasteiger partial charge is 0.415 e. The predicted octanol–water partition coefficient (Wildman–Crippen LogP) is 1.32. The van der Waals surface area contributed by atoms with Gasteiger partial charge in [0.15, 0.2) is 0 Å². The molecule has 0 aliphatic carbocycles. The minimum absolute atomic E-state index is 0.942. The Balaban J connectivity index is 2.98. The summed E-state index contributed by atoms with van der Waals surface area (Å²) in [4.78, 5) is 10.2. The fourth-order valence-electron chi connectivity index (χ4n) is 0.622. The Morgan fingerprint density at radius 3 is 2.67 bits per heavy atom. The maximum atomic E-state index is 10.2. The molecule has 48 valence electrons. The van der Waals surface area contributed by atoms with Gasteiger partial charge in [0.25, 0.3) is 0 Å². The van der Waals surface area contributed by atoms with Gasteiger partial charge in [-0.15, -0.1) is 0 Å². The van der Waals surface area contributed by atoms with Crippen LogP contribution in [0.25, 0.3) is 0 Å². The quantitative estimate of drug-likeness (QED) is 0.568. The van der Waals surface area contributed by atoms with E-state index in [0.29, 0.717) is 0 Å². The molecular weight excluding hydrogens is 118 g/mol. The molecule has 1 aromatic rings. The summed E-state index contributed by atoms with van der Waals surface area (Å²) in [7, 11) is 0. The number of nitrogens with zero attached hydrogens (tertiary/aromatic N) is 1. The maximum Gasteiger partial charge on any atom is 0.415 e. The molecule has 3 nitrogen and oxygen atoms in total. The van der Waals surface area contributed by atoms with Crippen LogP contribution in [0.2, 0.25) is 0 Å². The fourth-order valence-corrected chi connectivity index (χ4v) is 0.622. The third-order valence-electron chi connectivity index (χ3n) is 1.06. The lowest BCUT2D eigenvalue weighted by molar-refractivity contribution is 0.196. The fraction of sp³-hybridized carbons (Fsp3) is 0.167. The molecule has 0 saturated heterocycles. The van der Waals surface area contributed by atoms with E-state index < -0.39 is 6.09 Å². The molecule has 0 unspecified atom stereocenters. The first-order valence-electron chi connectivity index (χ1n) is 2.58. The number of hydrogen-bond acceptors (Lipinski definition) is 1. The summed E-state index contributed by atoms with van der Waals surface area (Å²) >= 11 is 0. The van der Waals surface area contributed by atoms with Gasteiger partial charge in [0.1, 0.15) is 0 Å². The average Bonchev–Trinajstić information content (AvgIpc) is 2.14. The molecule has 0 radical (unpaired) electrons. The zero-order valence-electron chi connectivity index (χ0n) is 5.03. The first-order valence-corrected chi connectivity index (χ1v) is 2.58. The van der Waals surface area contributed by atoms with Gasteiger partial charge < -0.3 is 5.11 Å². The lowest BCUT2D eigenvalue weighted by atomic mass is 10.4. The molecule has 1 N–H and O–H groups in total. The third-order valence-corrected chi connectivity index (χ3v) is 1.06. The number of carbonyl (C=O) groups is 1. The minimum atomic E-state index is -0.942. The minimum Gasteiger partial charge on any atom is -0.464 e. The van der Waals surface area contributed by atoms with E-state index in [9.17, 15) is 4.79 Å². The Bertz CT molecular complexity index is 227. The van der Waals surface area contributed by atoms with Crippen LogP contribution in [0, 0.1) is 6.92 Å². The molecule has 0 spiro atoms. The number of carboxylic acid groups (broad SMARTS) is 1. The Morgan fingerprint density at radius 2 is 2.44 bits per heavy atom. The molecule has 0 amide bonds. The summed E-state index contributed by atoms with van der Waals surface area (Å²) in [5.41, 5.74) is 0.956. The SMILES string of the molecule is Cc1ccn(C(=O)O)c1. The Kier molecular flexibility index (Phi) is 1.26. The van der Waals surface area contributed by atoms with E-state index in [2.05, 4.69) is 0 Å². The highest BCUT2D eigenvalue weighted by molar-refractivity contribution is 5.68. The van der Waals surface area contributed by atoms with Gasteiger partial charge in [-0.2, -0.15) is 0 Å². The number of aryl methyl sites for hydroxylation is 1. The van der Waals surface area contributed by atoms with Gasteiger partial charge in [0.05, 0.1) is 0 Å². The molecule has 0 atom stereocenters. The maximum absolute atomic E-state index is 10.2. The van der Waals surface area contributed by atoms with Crippen LogP contribution in [0.5, 0.6) is 0 Å². The van der Waals surface area contributed by atoms with Gasteiger partial charge in [-0.05, 0) is 18.6 Å². The van der Waals surface area contributed by atoms with Crippen molar-refractivity contribution in [1.29, 1.82) is 0 Å². The molecule has 0 aliphatic heterocycles. The van der Waals surface area contributed by atoms with E-state index in [1.165, 1.54) is 6.20 Å². The van der Waals surface area contributed by atoms with Crippen LogP contribution >= 0.6 is 0 Å². The summed E-state index contributed by atoms with van der Waals surface area (Å²) in [5, 5.41) is 8.36. The van der Waals surface area contributed by atoms with Crippen LogP contribution in [0.3, 0.4) is 0 Å². The highest BCUT2D eigenvalue weighted by Gasteiger charge is 1.96. The molecule has 0 bridgehead atoms. The molecule has 9 heavy (non-hydrogen) atoms. The van der Waals surface area contributed by atoms with Crippen molar-refractivity contribution < 1.29 is 9.90 Å². The highest BCUT2D eigenvalue weighted by Crippen LogP contribution is 1.96. The van der Waals surface area contributed by atoms with Crippen LogP contribution < -0.4 is 0 Å². The van der Waals surface area contributed by atoms with Crippen molar-refractivity contribution >= 4 is 6.09 Å². The first kappa shape index (κ1) is 5.88. The van der Waals surface area contributed by atoms with E-state index in [1.807, 2.05) is 6.92 Å². The van der Waals surface area contributed by atoms with E-state index in [-0.39, 0.29) is 0 Å². The summed E-state index contributed by atoms with van der Waals surface area (Å²) in [6.07, 6.45) is 2.13. The van der Waals surface area contributed by atoms with Gasteiger partial charge in [-0.3, -0.25) is 4.57 Å². The van der Waals surface area contributed by atoms with Crippen molar-refractivity contribution in [2.45, 2.75) is 6.92 Å². The highest BCUT2D eigenvalue weighted by atomic mass is 16.4. The van der Waals surface area contributed by atoms with Gasteiger partial charge in [-0.25, -0.2) is 4.79 Å². The molecule has 1 heterocycles. The number of aromatic nitrogens is 1. The average molecular weight is 125 g/mol. The standard InChI is InChI=1S/C6H7NO2/c1-5-2-3-7(4-5)6(8)9/h2-4H,1H3,(H,8,9). The summed E-state index contributed by atoms with van der Waals surface area (Å²) in [6.45, 7) is 1.85. The zero-order chi connectivity index (χ0) is 6.85. The van der Waals surface area contributed by atoms with E-state index >= 15 is 0 Å². The number of rotatable bonds is 0. The third kappa shape index (κ3) is 1.10. The van der Waals surface area contributed by atoms with E-state index in [1.54, 1.807) is 12.3 Å². The van der Waals surface area contributed by atoms with Crippen molar-refractivity contribution in [1.82, 2.24) is 4.57 Å². The molecule has 0 saturated carbocycles. The van der Waals surface area contributed by atoms with Crippen molar-refractivity contribution in [3.8, 4) is 0 Å². The molecular formula is C6H7NO2. The van der Waals surface area contributed by atoms with Crippen LogP contribution in [-0.2, 0) is 0 Å². The second-order valence-electron chi connectivity index (χ2n) is 1.88. The van der Waals surface area contributed by atoms with Crippen LogP contribution in [0.1, 0.15) is 5.56 Å². The largest absolute Gasteiger partial charge is 0.464 e. The normalized spacial score (nSPS) is 9.44. The zero-order valence-corrected chi connectivity index (χ0v) is 5.03. The van der Waals surface area contributed by atoms with Gasteiger partial charge in [-0.1, -0.05) is 0 Å². The van der Waals surface area contributed by atoms with Gasteiger partial charge in [0, 0.05) is 12.4 Å². The molecule has 1 rings (SSSR count). The van der Waals surface area contributed by atoms with Crippen molar-refractivity contribution in [3.63, 3.8) is 0 Å². The van der Waals surface area contributed by atoms with Crippen molar-refractivity contribution in [2.75, 3.05) is 0 Å².